The smallest absolute Gasteiger partial charge is 0.270 e. The normalized spacial score (nSPS) is 15.1. The van der Waals surface area contributed by atoms with Gasteiger partial charge in [-0.25, -0.2) is 0 Å². The first kappa shape index (κ1) is 19.5. The van der Waals surface area contributed by atoms with Crippen molar-refractivity contribution < 1.29 is 14.3 Å². The van der Waals surface area contributed by atoms with Crippen molar-refractivity contribution in [1.82, 2.24) is 0 Å². The molecule has 2 amide bonds. The van der Waals surface area contributed by atoms with Crippen LogP contribution in [-0.4, -0.2) is 24.0 Å². The molecular formula is C20H20Cl2N2O3. The van der Waals surface area contributed by atoms with Crippen molar-refractivity contribution in [3.8, 4) is 5.75 Å². The van der Waals surface area contributed by atoms with E-state index >= 15 is 0 Å². The lowest BCUT2D eigenvalue weighted by Gasteiger charge is -2.38. The minimum atomic E-state index is -1.01. The first-order valence-corrected chi connectivity index (χ1v) is 9.29. The molecule has 0 saturated carbocycles. The Labute approximate surface area is 168 Å². The highest BCUT2D eigenvalue weighted by molar-refractivity contribution is 6.31. The SMILES string of the molecule is Cc1ccc(Cl)cc1NC(=O)CCN1C(=O)C(C)(C)Oc2ccc(Cl)cc21. The molecule has 2 aromatic carbocycles. The fourth-order valence-electron chi connectivity index (χ4n) is 2.92. The number of aryl methyl sites for hydroxylation is 1. The summed E-state index contributed by atoms with van der Waals surface area (Å²) in [6, 6.07) is 10.4. The lowest BCUT2D eigenvalue weighted by molar-refractivity contribution is -0.132. The molecule has 27 heavy (non-hydrogen) atoms. The van der Waals surface area contributed by atoms with E-state index in [1.165, 1.54) is 0 Å². The van der Waals surface area contributed by atoms with Gasteiger partial charge in [-0.15, -0.1) is 0 Å². The zero-order chi connectivity index (χ0) is 19.8. The highest BCUT2D eigenvalue weighted by atomic mass is 35.5. The Kier molecular flexibility index (Phi) is 5.36. The van der Waals surface area contributed by atoms with E-state index in [2.05, 4.69) is 5.32 Å². The van der Waals surface area contributed by atoms with Crippen LogP contribution < -0.4 is 15.0 Å². The molecule has 3 rings (SSSR count). The second kappa shape index (κ2) is 7.41. The summed E-state index contributed by atoms with van der Waals surface area (Å²) in [5.74, 6) is 0.139. The lowest BCUT2D eigenvalue weighted by Crippen LogP contribution is -2.53. The number of carbonyl (C=O) groups is 2. The van der Waals surface area contributed by atoms with Crippen molar-refractivity contribution in [1.29, 1.82) is 0 Å². The van der Waals surface area contributed by atoms with Crippen LogP contribution in [0.3, 0.4) is 0 Å². The molecule has 0 aromatic heterocycles. The van der Waals surface area contributed by atoms with Gasteiger partial charge in [0, 0.05) is 28.7 Å². The number of carbonyl (C=O) groups excluding carboxylic acids is 2. The standard InChI is InChI=1S/C20H20Cl2N2O3/c1-12-4-5-13(21)10-15(12)23-18(25)8-9-24-16-11-14(22)6-7-17(16)27-20(2,3)19(24)26/h4-7,10-11H,8-9H2,1-3H3,(H,23,25). The van der Waals surface area contributed by atoms with Crippen molar-refractivity contribution >= 4 is 46.4 Å². The number of nitrogens with one attached hydrogen (secondary N) is 1. The molecule has 1 aliphatic rings. The average molecular weight is 407 g/mol. The van der Waals surface area contributed by atoms with Crippen LogP contribution in [0.15, 0.2) is 36.4 Å². The highest BCUT2D eigenvalue weighted by Gasteiger charge is 2.40. The summed E-state index contributed by atoms with van der Waals surface area (Å²) >= 11 is 12.1. The quantitative estimate of drug-likeness (QED) is 0.790. The summed E-state index contributed by atoms with van der Waals surface area (Å²) in [6.45, 7) is 5.51. The van der Waals surface area contributed by atoms with Crippen LogP contribution in [0.5, 0.6) is 5.75 Å². The summed E-state index contributed by atoms with van der Waals surface area (Å²) < 4.78 is 5.78. The Morgan fingerprint density at radius 2 is 1.81 bits per heavy atom. The fourth-order valence-corrected chi connectivity index (χ4v) is 3.26. The molecule has 1 N–H and O–H groups in total. The van der Waals surface area contributed by atoms with Crippen molar-refractivity contribution in [3.63, 3.8) is 0 Å². The summed E-state index contributed by atoms with van der Waals surface area (Å²) in [5.41, 5.74) is 1.12. The van der Waals surface area contributed by atoms with E-state index in [1.54, 1.807) is 49.1 Å². The maximum absolute atomic E-state index is 12.8. The molecule has 5 nitrogen and oxygen atoms in total. The van der Waals surface area contributed by atoms with Crippen molar-refractivity contribution in [2.75, 3.05) is 16.8 Å². The largest absolute Gasteiger partial charge is 0.476 e. The Hall–Kier alpha value is -2.24. The van der Waals surface area contributed by atoms with Crippen LogP contribution in [-0.2, 0) is 9.59 Å². The number of anilines is 2. The van der Waals surface area contributed by atoms with Gasteiger partial charge in [0.1, 0.15) is 5.75 Å². The monoisotopic (exact) mass is 406 g/mol. The van der Waals surface area contributed by atoms with Gasteiger partial charge in [-0.05, 0) is 56.7 Å². The first-order chi connectivity index (χ1) is 12.7. The molecule has 0 saturated heterocycles. The van der Waals surface area contributed by atoms with Gasteiger partial charge < -0.3 is 15.0 Å². The van der Waals surface area contributed by atoms with E-state index in [0.29, 0.717) is 27.2 Å². The zero-order valence-corrected chi connectivity index (χ0v) is 16.8. The summed E-state index contributed by atoms with van der Waals surface area (Å²) in [4.78, 5) is 26.8. The molecule has 0 bridgehead atoms. The van der Waals surface area contributed by atoms with Gasteiger partial charge in [0.15, 0.2) is 5.60 Å². The van der Waals surface area contributed by atoms with Gasteiger partial charge in [0.25, 0.3) is 5.91 Å². The summed E-state index contributed by atoms with van der Waals surface area (Å²) in [5, 5.41) is 3.88. The van der Waals surface area contributed by atoms with E-state index in [0.717, 1.165) is 5.56 Å². The fraction of sp³-hybridized carbons (Fsp3) is 0.300. The maximum Gasteiger partial charge on any atom is 0.270 e. The van der Waals surface area contributed by atoms with Gasteiger partial charge in [-0.3, -0.25) is 9.59 Å². The second-order valence-corrected chi connectivity index (χ2v) is 7.81. The molecule has 142 valence electrons. The van der Waals surface area contributed by atoms with Gasteiger partial charge >= 0.3 is 0 Å². The van der Waals surface area contributed by atoms with Crippen LogP contribution >= 0.6 is 23.2 Å². The van der Waals surface area contributed by atoms with E-state index in [-0.39, 0.29) is 24.8 Å². The van der Waals surface area contributed by atoms with Crippen LogP contribution in [0.1, 0.15) is 25.8 Å². The zero-order valence-electron chi connectivity index (χ0n) is 15.3. The number of nitrogens with zero attached hydrogens (tertiary/aromatic N) is 1. The van der Waals surface area contributed by atoms with Gasteiger partial charge in [-0.1, -0.05) is 29.3 Å². The van der Waals surface area contributed by atoms with E-state index in [9.17, 15) is 9.59 Å². The molecule has 1 aliphatic heterocycles. The predicted octanol–water partition coefficient (Wildman–Crippen LogP) is 4.83. The van der Waals surface area contributed by atoms with Gasteiger partial charge in [0.2, 0.25) is 5.91 Å². The minimum Gasteiger partial charge on any atom is -0.476 e. The molecule has 0 atom stereocenters. The number of benzene rings is 2. The van der Waals surface area contributed by atoms with Gasteiger partial charge in [-0.2, -0.15) is 0 Å². The third kappa shape index (κ3) is 4.20. The van der Waals surface area contributed by atoms with Crippen molar-refractivity contribution in [2.24, 2.45) is 0 Å². The Morgan fingerprint density at radius 1 is 1.15 bits per heavy atom. The first-order valence-electron chi connectivity index (χ1n) is 8.54. The number of hydrogen-bond acceptors (Lipinski definition) is 3. The number of amides is 2. The molecule has 0 aliphatic carbocycles. The number of fused-ring (bicyclic) bond motifs is 1. The molecule has 1 heterocycles. The molecule has 0 unspecified atom stereocenters. The van der Waals surface area contributed by atoms with Crippen molar-refractivity contribution in [2.45, 2.75) is 32.8 Å². The summed E-state index contributed by atoms with van der Waals surface area (Å²) in [6.07, 6.45) is 0.125. The third-order valence-corrected chi connectivity index (χ3v) is 4.84. The van der Waals surface area contributed by atoms with Crippen molar-refractivity contribution in [3.05, 3.63) is 52.0 Å². The number of rotatable bonds is 4. The van der Waals surface area contributed by atoms with Crippen LogP contribution in [0.4, 0.5) is 11.4 Å². The van der Waals surface area contributed by atoms with Crippen LogP contribution in [0.25, 0.3) is 0 Å². The topological polar surface area (TPSA) is 58.6 Å². The Morgan fingerprint density at radius 3 is 2.56 bits per heavy atom. The van der Waals surface area contributed by atoms with E-state index in [4.69, 9.17) is 27.9 Å². The Bertz CT molecular complexity index is 912. The molecule has 7 heteroatoms. The minimum absolute atomic E-state index is 0.125. The predicted molar refractivity (Wildman–Crippen MR) is 108 cm³/mol. The maximum atomic E-state index is 12.8. The third-order valence-electron chi connectivity index (χ3n) is 4.37. The van der Waals surface area contributed by atoms with Crippen LogP contribution in [0.2, 0.25) is 10.0 Å². The van der Waals surface area contributed by atoms with E-state index < -0.39 is 5.60 Å². The summed E-state index contributed by atoms with van der Waals surface area (Å²) in [7, 11) is 0. The molecule has 0 spiro atoms. The average Bonchev–Trinajstić information content (AvgIpc) is 2.59. The molecule has 0 fully saturated rings. The molecule has 2 aromatic rings. The Balaban J connectivity index is 1.76. The molecule has 0 radical (unpaired) electrons. The van der Waals surface area contributed by atoms with E-state index in [1.807, 2.05) is 13.0 Å². The number of halogens is 2. The second-order valence-electron chi connectivity index (χ2n) is 6.94. The molecular weight excluding hydrogens is 387 g/mol. The van der Waals surface area contributed by atoms with Gasteiger partial charge in [0.05, 0.1) is 5.69 Å². The number of ether oxygens (including phenoxy) is 1. The number of hydrogen-bond donors (Lipinski definition) is 1. The van der Waals surface area contributed by atoms with Crippen LogP contribution in [0, 0.1) is 6.92 Å². The highest BCUT2D eigenvalue weighted by Crippen LogP contribution is 2.39. The lowest BCUT2D eigenvalue weighted by atomic mass is 10.0.